The van der Waals surface area contributed by atoms with Crippen LogP contribution in [0.4, 0.5) is 0 Å². The van der Waals surface area contributed by atoms with Gasteiger partial charge in [0.25, 0.3) is 5.91 Å². The average Bonchev–Trinajstić information content (AvgIpc) is 3.16. The van der Waals surface area contributed by atoms with Crippen molar-refractivity contribution in [2.24, 2.45) is 0 Å². The van der Waals surface area contributed by atoms with Crippen LogP contribution in [0, 0.1) is 6.92 Å². The number of ether oxygens (including phenoxy) is 1. The summed E-state index contributed by atoms with van der Waals surface area (Å²) < 4.78 is 5.25. The highest BCUT2D eigenvalue weighted by Crippen LogP contribution is 2.14. The van der Waals surface area contributed by atoms with Crippen LogP contribution in [0.25, 0.3) is 11.4 Å². The van der Waals surface area contributed by atoms with Gasteiger partial charge in [-0.2, -0.15) is 4.80 Å². The van der Waals surface area contributed by atoms with Crippen molar-refractivity contribution in [1.82, 2.24) is 25.1 Å². The highest BCUT2D eigenvalue weighted by molar-refractivity contribution is 5.83. The van der Waals surface area contributed by atoms with Gasteiger partial charge < -0.3 is 9.64 Å². The van der Waals surface area contributed by atoms with E-state index < -0.39 is 12.1 Å². The third-order valence-electron chi connectivity index (χ3n) is 4.33. The monoisotopic (exact) mass is 393 g/mol. The molecule has 0 saturated carbocycles. The Morgan fingerprint density at radius 2 is 1.79 bits per heavy atom. The molecule has 0 bridgehead atoms. The van der Waals surface area contributed by atoms with Crippen LogP contribution in [0.3, 0.4) is 0 Å². The highest BCUT2D eigenvalue weighted by atomic mass is 16.5. The first-order chi connectivity index (χ1) is 13.9. The molecule has 150 valence electrons. The molecule has 3 rings (SSSR count). The number of amides is 1. The molecule has 1 aromatic heterocycles. The molecule has 0 aliphatic carbocycles. The van der Waals surface area contributed by atoms with Gasteiger partial charge in [-0.3, -0.25) is 4.79 Å². The standard InChI is InChI=1S/C21H23N5O3/c1-15-9-11-18(12-10-15)20-22-24-26(23-20)14-19(27)29-16(2)21(28)25(3)13-17-7-5-4-6-8-17/h4-12,16H,13-14H2,1-3H3. The zero-order valence-corrected chi connectivity index (χ0v) is 16.6. The van der Waals surface area contributed by atoms with E-state index in [1.165, 1.54) is 4.90 Å². The number of benzene rings is 2. The quantitative estimate of drug-likeness (QED) is 0.572. The summed E-state index contributed by atoms with van der Waals surface area (Å²) in [7, 11) is 1.67. The first-order valence-corrected chi connectivity index (χ1v) is 9.25. The summed E-state index contributed by atoms with van der Waals surface area (Å²) in [6.07, 6.45) is -0.906. The van der Waals surface area contributed by atoms with Crippen molar-refractivity contribution in [3.05, 3.63) is 65.7 Å². The maximum absolute atomic E-state index is 12.5. The lowest BCUT2D eigenvalue weighted by molar-refractivity contribution is -0.159. The largest absolute Gasteiger partial charge is 0.451 e. The van der Waals surface area contributed by atoms with Crippen LogP contribution >= 0.6 is 0 Å². The molecule has 0 saturated heterocycles. The fraction of sp³-hybridized carbons (Fsp3) is 0.286. The third-order valence-corrected chi connectivity index (χ3v) is 4.33. The molecule has 8 heteroatoms. The molecule has 1 unspecified atom stereocenters. The minimum absolute atomic E-state index is 0.223. The predicted molar refractivity (Wildman–Crippen MR) is 106 cm³/mol. The molecular formula is C21H23N5O3. The van der Waals surface area contributed by atoms with E-state index in [4.69, 9.17) is 4.74 Å². The summed E-state index contributed by atoms with van der Waals surface area (Å²) >= 11 is 0. The fourth-order valence-electron chi connectivity index (χ4n) is 2.77. The maximum Gasteiger partial charge on any atom is 0.330 e. The minimum atomic E-state index is -0.906. The molecule has 0 N–H and O–H groups in total. The topological polar surface area (TPSA) is 90.2 Å². The van der Waals surface area contributed by atoms with Gasteiger partial charge in [-0.1, -0.05) is 60.2 Å². The van der Waals surface area contributed by atoms with Gasteiger partial charge in [0.05, 0.1) is 0 Å². The van der Waals surface area contributed by atoms with Crippen molar-refractivity contribution in [1.29, 1.82) is 0 Å². The predicted octanol–water partition coefficient (Wildman–Crippen LogP) is 2.24. The molecule has 0 spiro atoms. The Hall–Kier alpha value is -3.55. The molecule has 29 heavy (non-hydrogen) atoms. The normalized spacial score (nSPS) is 11.7. The van der Waals surface area contributed by atoms with Crippen LogP contribution in [0.1, 0.15) is 18.1 Å². The molecule has 8 nitrogen and oxygen atoms in total. The molecule has 3 aromatic rings. The van der Waals surface area contributed by atoms with Crippen LogP contribution in [0.2, 0.25) is 0 Å². The van der Waals surface area contributed by atoms with Gasteiger partial charge in [-0.25, -0.2) is 4.79 Å². The number of nitrogens with zero attached hydrogens (tertiary/aromatic N) is 5. The first kappa shape index (κ1) is 20.2. The second kappa shape index (κ2) is 9.09. The number of aryl methyl sites for hydroxylation is 1. The van der Waals surface area contributed by atoms with E-state index in [2.05, 4.69) is 15.4 Å². The van der Waals surface area contributed by atoms with Crippen LogP contribution < -0.4 is 0 Å². The van der Waals surface area contributed by atoms with Crippen molar-refractivity contribution in [2.45, 2.75) is 33.0 Å². The second-order valence-corrected chi connectivity index (χ2v) is 6.82. The van der Waals surface area contributed by atoms with Crippen LogP contribution in [-0.4, -0.2) is 50.1 Å². The van der Waals surface area contributed by atoms with Gasteiger partial charge in [0.2, 0.25) is 5.82 Å². The molecule has 0 fully saturated rings. The van der Waals surface area contributed by atoms with Gasteiger partial charge >= 0.3 is 5.97 Å². The Morgan fingerprint density at radius 3 is 2.48 bits per heavy atom. The maximum atomic E-state index is 12.5. The fourth-order valence-corrected chi connectivity index (χ4v) is 2.77. The number of likely N-dealkylation sites (N-methyl/N-ethyl adjacent to an activating group) is 1. The Balaban J connectivity index is 1.53. The lowest BCUT2D eigenvalue weighted by Gasteiger charge is -2.21. The Labute approximate surface area is 169 Å². The first-order valence-electron chi connectivity index (χ1n) is 9.25. The van der Waals surface area contributed by atoms with E-state index in [0.717, 1.165) is 21.5 Å². The van der Waals surface area contributed by atoms with E-state index in [0.29, 0.717) is 12.4 Å². The molecular weight excluding hydrogens is 370 g/mol. The van der Waals surface area contributed by atoms with Crippen molar-refractivity contribution in [2.75, 3.05) is 7.05 Å². The summed E-state index contributed by atoms with van der Waals surface area (Å²) in [5.74, 6) is -0.467. The smallest absolute Gasteiger partial charge is 0.330 e. The van der Waals surface area contributed by atoms with Gasteiger partial charge in [-0.05, 0) is 24.6 Å². The zero-order valence-electron chi connectivity index (χ0n) is 16.6. The van der Waals surface area contributed by atoms with E-state index in [1.807, 2.05) is 61.5 Å². The summed E-state index contributed by atoms with van der Waals surface area (Å²) in [5, 5.41) is 12.0. The highest BCUT2D eigenvalue weighted by Gasteiger charge is 2.22. The van der Waals surface area contributed by atoms with Crippen molar-refractivity contribution in [3.63, 3.8) is 0 Å². The van der Waals surface area contributed by atoms with E-state index in [-0.39, 0.29) is 12.5 Å². The van der Waals surface area contributed by atoms with Gasteiger partial charge in [0.15, 0.2) is 12.6 Å². The number of hydrogen-bond donors (Lipinski definition) is 0. The lowest BCUT2D eigenvalue weighted by Crippen LogP contribution is -2.37. The molecule has 0 radical (unpaired) electrons. The van der Waals surface area contributed by atoms with E-state index >= 15 is 0 Å². The number of hydrogen-bond acceptors (Lipinski definition) is 6. The van der Waals surface area contributed by atoms with Crippen molar-refractivity contribution >= 4 is 11.9 Å². The molecule has 0 aliphatic rings. The summed E-state index contributed by atoms with van der Waals surface area (Å²) in [5.41, 5.74) is 2.93. The number of tetrazole rings is 1. The molecule has 1 amide bonds. The third kappa shape index (κ3) is 5.47. The summed E-state index contributed by atoms with van der Waals surface area (Å²) in [6, 6.07) is 17.3. The van der Waals surface area contributed by atoms with Crippen molar-refractivity contribution < 1.29 is 14.3 Å². The van der Waals surface area contributed by atoms with E-state index in [1.54, 1.807) is 14.0 Å². The van der Waals surface area contributed by atoms with Crippen LogP contribution in [0.15, 0.2) is 54.6 Å². The zero-order chi connectivity index (χ0) is 20.8. The number of carbonyl (C=O) groups is 2. The Bertz CT molecular complexity index is 969. The lowest BCUT2D eigenvalue weighted by atomic mass is 10.1. The summed E-state index contributed by atoms with van der Waals surface area (Å²) in [6.45, 7) is 3.75. The molecule has 1 heterocycles. The molecule has 2 aromatic carbocycles. The second-order valence-electron chi connectivity index (χ2n) is 6.82. The average molecular weight is 393 g/mol. The van der Waals surface area contributed by atoms with Gasteiger partial charge in [0.1, 0.15) is 0 Å². The molecule has 1 atom stereocenters. The minimum Gasteiger partial charge on any atom is -0.451 e. The van der Waals surface area contributed by atoms with Crippen molar-refractivity contribution in [3.8, 4) is 11.4 Å². The number of aromatic nitrogens is 4. The van der Waals surface area contributed by atoms with Gasteiger partial charge in [0, 0.05) is 19.2 Å². The number of esters is 1. The van der Waals surface area contributed by atoms with Gasteiger partial charge in [-0.15, -0.1) is 10.2 Å². The SMILES string of the molecule is Cc1ccc(-c2nnn(CC(=O)OC(C)C(=O)N(C)Cc3ccccc3)n2)cc1. The summed E-state index contributed by atoms with van der Waals surface area (Å²) in [4.78, 5) is 27.3. The number of rotatable bonds is 7. The Kier molecular flexibility index (Phi) is 6.33. The Morgan fingerprint density at radius 1 is 1.10 bits per heavy atom. The van der Waals surface area contributed by atoms with Crippen LogP contribution in [0.5, 0.6) is 0 Å². The van der Waals surface area contributed by atoms with E-state index in [9.17, 15) is 9.59 Å². The molecule has 0 aliphatic heterocycles. The van der Waals surface area contributed by atoms with Crippen LogP contribution in [-0.2, 0) is 27.4 Å². The number of carbonyl (C=O) groups excluding carboxylic acids is 2.